The van der Waals surface area contributed by atoms with E-state index in [2.05, 4.69) is 15.1 Å². The van der Waals surface area contributed by atoms with Crippen LogP contribution in [0, 0.1) is 0 Å². The highest BCUT2D eigenvalue weighted by atomic mass is 35.5. The lowest BCUT2D eigenvalue weighted by Crippen LogP contribution is -2.25. The van der Waals surface area contributed by atoms with E-state index in [-0.39, 0.29) is 18.1 Å². The summed E-state index contributed by atoms with van der Waals surface area (Å²) in [6.07, 6.45) is 1.66. The molecule has 2 aromatic heterocycles. The van der Waals surface area contributed by atoms with Crippen molar-refractivity contribution in [2.45, 2.75) is 6.54 Å². The maximum Gasteiger partial charge on any atom is 0.203 e. The second-order valence-corrected chi connectivity index (χ2v) is 6.28. The van der Waals surface area contributed by atoms with Crippen molar-refractivity contribution in [2.75, 3.05) is 5.73 Å². The molecule has 1 aliphatic heterocycles. The van der Waals surface area contributed by atoms with Gasteiger partial charge in [-0.3, -0.25) is 9.78 Å². The minimum atomic E-state index is -0.180. The van der Waals surface area contributed by atoms with E-state index in [0.29, 0.717) is 38.4 Å². The number of nitrogen functional groups attached to an aromatic ring is 1. The number of anilines is 1. The molecule has 6 nitrogen and oxygen atoms in total. The van der Waals surface area contributed by atoms with Gasteiger partial charge in [-0.1, -0.05) is 35.3 Å². The van der Waals surface area contributed by atoms with E-state index in [1.54, 1.807) is 24.4 Å². The molecule has 3 aromatic rings. The van der Waals surface area contributed by atoms with Gasteiger partial charge in [0.05, 0.1) is 21.3 Å². The van der Waals surface area contributed by atoms with Gasteiger partial charge in [-0.05, 0) is 24.3 Å². The van der Waals surface area contributed by atoms with Crippen molar-refractivity contribution in [2.24, 2.45) is 4.99 Å². The average molecular weight is 372 g/mol. The SMILES string of the molecule is Nc1nn2c(c1-c1ccccn1)N=C(c1ccc(Cl)c(Cl)c1)C(=O)C2. The number of hydrogen-bond donors (Lipinski definition) is 1. The van der Waals surface area contributed by atoms with Crippen molar-refractivity contribution in [1.29, 1.82) is 0 Å². The zero-order valence-corrected chi connectivity index (χ0v) is 14.3. The third-order valence-electron chi connectivity index (χ3n) is 3.84. The third-order valence-corrected chi connectivity index (χ3v) is 4.58. The van der Waals surface area contributed by atoms with E-state index in [1.807, 2.05) is 18.2 Å². The summed E-state index contributed by atoms with van der Waals surface area (Å²) in [7, 11) is 0. The smallest absolute Gasteiger partial charge is 0.203 e. The molecule has 0 saturated carbocycles. The number of aromatic nitrogens is 3. The highest BCUT2D eigenvalue weighted by molar-refractivity contribution is 6.48. The molecule has 0 atom stereocenters. The summed E-state index contributed by atoms with van der Waals surface area (Å²) in [6, 6.07) is 10.4. The van der Waals surface area contributed by atoms with Crippen LogP contribution in [-0.4, -0.2) is 26.3 Å². The molecule has 25 heavy (non-hydrogen) atoms. The molecule has 0 radical (unpaired) electrons. The summed E-state index contributed by atoms with van der Waals surface area (Å²) in [5.74, 6) is 0.596. The lowest BCUT2D eigenvalue weighted by molar-refractivity contribution is -0.113. The number of halogens is 2. The number of fused-ring (bicyclic) bond motifs is 1. The zero-order valence-electron chi connectivity index (χ0n) is 12.8. The van der Waals surface area contributed by atoms with Crippen molar-refractivity contribution in [3.8, 4) is 11.3 Å². The molecule has 0 spiro atoms. The number of aliphatic imine (C=N–C) groups is 1. The number of carbonyl (C=O) groups is 1. The summed E-state index contributed by atoms with van der Waals surface area (Å²) in [5, 5.41) is 4.99. The van der Waals surface area contributed by atoms with Crippen LogP contribution in [0.1, 0.15) is 5.56 Å². The van der Waals surface area contributed by atoms with E-state index in [1.165, 1.54) is 4.68 Å². The molecule has 0 fully saturated rings. The molecular formula is C17H11Cl2N5O. The van der Waals surface area contributed by atoms with Crippen molar-refractivity contribution in [1.82, 2.24) is 14.8 Å². The van der Waals surface area contributed by atoms with E-state index in [4.69, 9.17) is 28.9 Å². The Kier molecular flexibility index (Phi) is 3.78. The number of Topliss-reactive ketones (excluding diaryl/α,β-unsaturated/α-hetero) is 1. The Morgan fingerprint density at radius 3 is 2.68 bits per heavy atom. The number of pyridine rings is 1. The first-order valence-corrected chi connectivity index (χ1v) is 8.15. The maximum atomic E-state index is 12.5. The average Bonchev–Trinajstić information content (AvgIpc) is 2.92. The molecule has 4 rings (SSSR count). The van der Waals surface area contributed by atoms with Crippen molar-refractivity contribution >= 4 is 46.3 Å². The van der Waals surface area contributed by atoms with Gasteiger partial charge in [0.2, 0.25) is 5.78 Å². The van der Waals surface area contributed by atoms with Crippen LogP contribution in [0.15, 0.2) is 47.6 Å². The van der Waals surface area contributed by atoms with E-state index in [9.17, 15) is 4.79 Å². The summed E-state index contributed by atoms with van der Waals surface area (Å²) >= 11 is 12.0. The van der Waals surface area contributed by atoms with E-state index < -0.39 is 0 Å². The van der Waals surface area contributed by atoms with Gasteiger partial charge in [-0.25, -0.2) is 9.67 Å². The van der Waals surface area contributed by atoms with Crippen LogP contribution in [0.25, 0.3) is 11.3 Å². The monoisotopic (exact) mass is 371 g/mol. The number of carbonyl (C=O) groups excluding carboxylic acids is 1. The summed E-state index contributed by atoms with van der Waals surface area (Å²) in [5.41, 5.74) is 8.17. The van der Waals surface area contributed by atoms with Crippen molar-refractivity contribution in [3.05, 3.63) is 58.2 Å². The normalized spacial score (nSPS) is 13.5. The Bertz CT molecular complexity index is 1030. The van der Waals surface area contributed by atoms with Crippen molar-refractivity contribution < 1.29 is 4.79 Å². The van der Waals surface area contributed by atoms with Crippen LogP contribution < -0.4 is 5.73 Å². The molecule has 0 bridgehead atoms. The molecule has 124 valence electrons. The third kappa shape index (κ3) is 2.69. The van der Waals surface area contributed by atoms with Gasteiger partial charge in [0.25, 0.3) is 0 Å². The molecule has 0 amide bonds. The number of nitrogens with two attached hydrogens (primary N) is 1. The lowest BCUT2D eigenvalue weighted by atomic mass is 10.0. The first kappa shape index (κ1) is 15.8. The Morgan fingerprint density at radius 2 is 1.96 bits per heavy atom. The number of rotatable bonds is 2. The van der Waals surface area contributed by atoms with Crippen LogP contribution in [0.2, 0.25) is 10.0 Å². The van der Waals surface area contributed by atoms with Crippen LogP contribution >= 0.6 is 23.2 Å². The second-order valence-electron chi connectivity index (χ2n) is 5.47. The quantitative estimate of drug-likeness (QED) is 0.746. The molecule has 0 unspecified atom stereocenters. The summed E-state index contributed by atoms with van der Waals surface area (Å²) in [6.45, 7) is 0.0471. The molecular weight excluding hydrogens is 361 g/mol. The number of nitrogens with zero attached hydrogens (tertiary/aromatic N) is 4. The molecule has 3 heterocycles. The zero-order chi connectivity index (χ0) is 17.6. The van der Waals surface area contributed by atoms with Gasteiger partial charge >= 0.3 is 0 Å². The Balaban J connectivity index is 1.90. The van der Waals surface area contributed by atoms with Gasteiger partial charge < -0.3 is 5.73 Å². The molecule has 0 saturated heterocycles. The van der Waals surface area contributed by atoms with E-state index >= 15 is 0 Å². The predicted octanol–water partition coefficient (Wildman–Crippen LogP) is 3.54. The fourth-order valence-electron chi connectivity index (χ4n) is 2.70. The Morgan fingerprint density at radius 1 is 1.12 bits per heavy atom. The highest BCUT2D eigenvalue weighted by Gasteiger charge is 2.27. The number of ketones is 1. The first-order valence-electron chi connectivity index (χ1n) is 7.39. The maximum absolute atomic E-state index is 12.5. The Hall–Kier alpha value is -2.70. The minimum absolute atomic E-state index is 0.0471. The van der Waals surface area contributed by atoms with Gasteiger partial charge in [-0.2, -0.15) is 5.10 Å². The van der Waals surface area contributed by atoms with Crippen molar-refractivity contribution in [3.63, 3.8) is 0 Å². The number of benzene rings is 1. The predicted molar refractivity (Wildman–Crippen MR) is 97.5 cm³/mol. The first-order chi connectivity index (χ1) is 12.0. The van der Waals surface area contributed by atoms with Gasteiger partial charge in [0.1, 0.15) is 12.3 Å². The fraction of sp³-hybridized carbons (Fsp3) is 0.0588. The van der Waals surface area contributed by atoms with Crippen LogP contribution in [0.4, 0.5) is 11.6 Å². The highest BCUT2D eigenvalue weighted by Crippen LogP contribution is 2.36. The van der Waals surface area contributed by atoms with Gasteiger partial charge in [-0.15, -0.1) is 0 Å². The minimum Gasteiger partial charge on any atom is -0.382 e. The molecule has 0 aliphatic carbocycles. The second kappa shape index (κ2) is 5.98. The van der Waals surface area contributed by atoms with Gasteiger partial charge in [0.15, 0.2) is 11.6 Å². The summed E-state index contributed by atoms with van der Waals surface area (Å²) in [4.78, 5) is 21.3. The topological polar surface area (TPSA) is 86.2 Å². The number of hydrogen-bond acceptors (Lipinski definition) is 5. The molecule has 1 aliphatic rings. The van der Waals surface area contributed by atoms with Crippen LogP contribution in [-0.2, 0) is 11.3 Å². The molecule has 1 aromatic carbocycles. The lowest BCUT2D eigenvalue weighted by Gasteiger charge is -2.14. The molecule has 8 heteroatoms. The Labute approximate surface area is 152 Å². The fourth-order valence-corrected chi connectivity index (χ4v) is 3.00. The molecule has 2 N–H and O–H groups in total. The van der Waals surface area contributed by atoms with Gasteiger partial charge in [0, 0.05) is 11.8 Å². The standard InChI is InChI=1S/C17H11Cl2N5O/c18-10-5-4-9(7-11(10)19)15-13(25)8-24-17(22-15)14(16(20)23-24)12-3-1-2-6-21-12/h1-7H,8H2,(H2,20,23). The van der Waals surface area contributed by atoms with Crippen LogP contribution in [0.3, 0.4) is 0 Å². The summed E-state index contributed by atoms with van der Waals surface area (Å²) < 4.78 is 1.49. The van der Waals surface area contributed by atoms with E-state index in [0.717, 1.165) is 0 Å². The van der Waals surface area contributed by atoms with Crippen LogP contribution in [0.5, 0.6) is 0 Å². The largest absolute Gasteiger partial charge is 0.382 e.